The summed E-state index contributed by atoms with van der Waals surface area (Å²) in [5, 5.41) is 3.04. The van der Waals surface area contributed by atoms with Crippen LogP contribution in [0.15, 0.2) is 48.8 Å². The normalized spacial score (nSPS) is 16.5. The van der Waals surface area contributed by atoms with Gasteiger partial charge < -0.3 is 15.0 Å². The van der Waals surface area contributed by atoms with E-state index in [1.807, 2.05) is 42.3 Å². The number of nitrogens with zero attached hydrogens (tertiary/aromatic N) is 2. The van der Waals surface area contributed by atoms with Gasteiger partial charge in [0.15, 0.2) is 0 Å². The van der Waals surface area contributed by atoms with Crippen molar-refractivity contribution in [3.8, 4) is 5.75 Å². The van der Waals surface area contributed by atoms with Gasteiger partial charge in [-0.15, -0.1) is 0 Å². The fourth-order valence-electron chi connectivity index (χ4n) is 3.42. The first-order valence-corrected chi connectivity index (χ1v) is 9.38. The Morgan fingerprint density at radius 3 is 3.00 bits per heavy atom. The van der Waals surface area contributed by atoms with Crippen LogP contribution in [0.2, 0.25) is 0 Å². The fourth-order valence-corrected chi connectivity index (χ4v) is 3.42. The maximum Gasteiger partial charge on any atom is 0.317 e. The Bertz CT molecular complexity index is 705. The third-order valence-corrected chi connectivity index (χ3v) is 4.72. The molecule has 0 aliphatic carbocycles. The third-order valence-electron chi connectivity index (χ3n) is 4.72. The summed E-state index contributed by atoms with van der Waals surface area (Å²) in [6, 6.07) is 12.2. The molecule has 0 radical (unpaired) electrons. The minimum atomic E-state index is 0.0413. The molecular formula is C21H27N3O2. The lowest BCUT2D eigenvalue weighted by atomic mass is 10.0. The van der Waals surface area contributed by atoms with Crippen molar-refractivity contribution in [2.45, 2.75) is 26.2 Å². The molecule has 2 aromatic rings. The van der Waals surface area contributed by atoms with E-state index in [2.05, 4.69) is 22.4 Å². The van der Waals surface area contributed by atoms with Crippen molar-refractivity contribution in [3.05, 3.63) is 59.9 Å². The third kappa shape index (κ3) is 5.22. The SMILES string of the molecule is CCOc1cccc(CCNC(=O)N2CCC(Cc3cccnc3)C2)c1. The van der Waals surface area contributed by atoms with E-state index in [0.29, 0.717) is 19.1 Å². The Kier molecular flexibility index (Phi) is 6.47. The van der Waals surface area contributed by atoms with Crippen molar-refractivity contribution in [2.24, 2.45) is 5.92 Å². The van der Waals surface area contributed by atoms with E-state index in [1.165, 1.54) is 11.1 Å². The van der Waals surface area contributed by atoms with Crippen molar-refractivity contribution in [3.63, 3.8) is 0 Å². The van der Waals surface area contributed by atoms with E-state index in [-0.39, 0.29) is 6.03 Å². The molecule has 1 aromatic carbocycles. The predicted octanol–water partition coefficient (Wildman–Crippen LogP) is 3.30. The molecule has 1 atom stereocenters. The number of carbonyl (C=O) groups excluding carboxylic acids is 1. The van der Waals surface area contributed by atoms with Crippen LogP contribution in [0, 0.1) is 5.92 Å². The number of nitrogens with one attached hydrogen (secondary N) is 1. The number of carbonyl (C=O) groups is 1. The molecule has 1 aromatic heterocycles. The van der Waals surface area contributed by atoms with Gasteiger partial charge in [-0.3, -0.25) is 4.98 Å². The van der Waals surface area contributed by atoms with Crippen LogP contribution in [-0.2, 0) is 12.8 Å². The molecule has 0 spiro atoms. The van der Waals surface area contributed by atoms with Crippen LogP contribution in [0.25, 0.3) is 0 Å². The molecule has 3 rings (SSSR count). The summed E-state index contributed by atoms with van der Waals surface area (Å²) < 4.78 is 5.52. The summed E-state index contributed by atoms with van der Waals surface area (Å²) >= 11 is 0. The number of amides is 2. The first kappa shape index (κ1) is 18.2. The Labute approximate surface area is 155 Å². The van der Waals surface area contributed by atoms with Gasteiger partial charge in [-0.25, -0.2) is 4.79 Å². The molecule has 1 unspecified atom stereocenters. The molecule has 2 amide bonds. The fraction of sp³-hybridized carbons (Fsp3) is 0.429. The smallest absolute Gasteiger partial charge is 0.317 e. The lowest BCUT2D eigenvalue weighted by Gasteiger charge is -2.17. The van der Waals surface area contributed by atoms with E-state index in [4.69, 9.17) is 4.74 Å². The van der Waals surface area contributed by atoms with Gasteiger partial charge in [-0.2, -0.15) is 0 Å². The van der Waals surface area contributed by atoms with Crippen LogP contribution >= 0.6 is 0 Å². The molecule has 1 fully saturated rings. The highest BCUT2D eigenvalue weighted by molar-refractivity contribution is 5.74. The van der Waals surface area contributed by atoms with E-state index in [0.717, 1.165) is 38.1 Å². The molecule has 1 N–H and O–H groups in total. The van der Waals surface area contributed by atoms with E-state index in [9.17, 15) is 4.79 Å². The molecule has 1 aliphatic rings. The van der Waals surface area contributed by atoms with Crippen molar-refractivity contribution in [2.75, 3.05) is 26.2 Å². The Balaban J connectivity index is 1.41. The van der Waals surface area contributed by atoms with Crippen LogP contribution in [0.5, 0.6) is 5.75 Å². The highest BCUT2D eigenvalue weighted by atomic mass is 16.5. The van der Waals surface area contributed by atoms with Gasteiger partial charge in [0.25, 0.3) is 0 Å². The van der Waals surface area contributed by atoms with Crippen LogP contribution in [-0.4, -0.2) is 42.2 Å². The number of urea groups is 1. The monoisotopic (exact) mass is 353 g/mol. The number of hydrogen-bond donors (Lipinski definition) is 1. The number of aromatic nitrogens is 1. The van der Waals surface area contributed by atoms with Crippen molar-refractivity contribution >= 4 is 6.03 Å². The molecule has 5 nitrogen and oxygen atoms in total. The zero-order valence-corrected chi connectivity index (χ0v) is 15.4. The first-order chi connectivity index (χ1) is 12.7. The maximum absolute atomic E-state index is 12.4. The molecule has 5 heteroatoms. The molecule has 0 bridgehead atoms. The summed E-state index contributed by atoms with van der Waals surface area (Å²) in [5.41, 5.74) is 2.42. The number of benzene rings is 1. The number of ether oxygens (including phenoxy) is 1. The molecular weight excluding hydrogens is 326 g/mol. The minimum absolute atomic E-state index is 0.0413. The van der Waals surface area contributed by atoms with E-state index < -0.39 is 0 Å². The molecule has 2 heterocycles. The quantitative estimate of drug-likeness (QED) is 0.831. The predicted molar refractivity (Wildman–Crippen MR) is 102 cm³/mol. The largest absolute Gasteiger partial charge is 0.494 e. The van der Waals surface area contributed by atoms with Gasteiger partial charge in [0, 0.05) is 32.0 Å². The Morgan fingerprint density at radius 1 is 1.31 bits per heavy atom. The van der Waals surface area contributed by atoms with E-state index >= 15 is 0 Å². The van der Waals surface area contributed by atoms with Gasteiger partial charge in [-0.05, 0) is 61.4 Å². The first-order valence-electron chi connectivity index (χ1n) is 9.38. The molecule has 138 valence electrons. The maximum atomic E-state index is 12.4. The zero-order chi connectivity index (χ0) is 18.2. The van der Waals surface area contributed by atoms with Crippen molar-refractivity contribution in [1.29, 1.82) is 0 Å². The van der Waals surface area contributed by atoms with Gasteiger partial charge in [0.05, 0.1) is 6.61 Å². The average Bonchev–Trinajstić information content (AvgIpc) is 3.12. The number of likely N-dealkylation sites (tertiary alicyclic amines) is 1. The molecule has 1 saturated heterocycles. The minimum Gasteiger partial charge on any atom is -0.494 e. The number of rotatable bonds is 7. The lowest BCUT2D eigenvalue weighted by molar-refractivity contribution is 0.207. The summed E-state index contributed by atoms with van der Waals surface area (Å²) in [6.45, 7) is 4.93. The van der Waals surface area contributed by atoms with Crippen LogP contribution < -0.4 is 10.1 Å². The molecule has 0 saturated carbocycles. The van der Waals surface area contributed by atoms with Crippen molar-refractivity contribution < 1.29 is 9.53 Å². The summed E-state index contributed by atoms with van der Waals surface area (Å²) in [6.07, 6.45) is 6.56. The second-order valence-electron chi connectivity index (χ2n) is 6.73. The van der Waals surface area contributed by atoms with Gasteiger partial charge >= 0.3 is 6.03 Å². The Hall–Kier alpha value is -2.56. The van der Waals surface area contributed by atoms with Gasteiger partial charge in [-0.1, -0.05) is 18.2 Å². The zero-order valence-electron chi connectivity index (χ0n) is 15.4. The van der Waals surface area contributed by atoms with Crippen LogP contribution in [0.1, 0.15) is 24.5 Å². The molecule has 26 heavy (non-hydrogen) atoms. The summed E-state index contributed by atoms with van der Waals surface area (Å²) in [4.78, 5) is 18.5. The van der Waals surface area contributed by atoms with Gasteiger partial charge in [0.1, 0.15) is 5.75 Å². The summed E-state index contributed by atoms with van der Waals surface area (Å²) in [5.74, 6) is 1.40. The highest BCUT2D eigenvalue weighted by Crippen LogP contribution is 2.20. The van der Waals surface area contributed by atoms with Crippen molar-refractivity contribution in [1.82, 2.24) is 15.2 Å². The molecule has 1 aliphatic heterocycles. The van der Waals surface area contributed by atoms with Crippen LogP contribution in [0.4, 0.5) is 4.79 Å². The van der Waals surface area contributed by atoms with Crippen LogP contribution in [0.3, 0.4) is 0 Å². The summed E-state index contributed by atoms with van der Waals surface area (Å²) in [7, 11) is 0. The number of pyridine rings is 1. The van der Waals surface area contributed by atoms with E-state index in [1.54, 1.807) is 6.20 Å². The van der Waals surface area contributed by atoms with Gasteiger partial charge in [0.2, 0.25) is 0 Å². The Morgan fingerprint density at radius 2 is 2.19 bits per heavy atom. The standard InChI is InChI=1S/C21H27N3O2/c1-2-26-20-7-3-5-17(14-20)8-11-23-21(25)24-12-9-19(16-24)13-18-6-4-10-22-15-18/h3-7,10,14-15,19H,2,8-9,11-13,16H2,1H3,(H,23,25). The highest BCUT2D eigenvalue weighted by Gasteiger charge is 2.26. The topological polar surface area (TPSA) is 54.5 Å². The average molecular weight is 353 g/mol. The second kappa shape index (κ2) is 9.22. The second-order valence-corrected chi connectivity index (χ2v) is 6.73. The number of hydrogen-bond acceptors (Lipinski definition) is 3. The lowest BCUT2D eigenvalue weighted by Crippen LogP contribution is -2.39.